The van der Waals surface area contributed by atoms with Crippen LogP contribution in [-0.4, -0.2) is 55.5 Å². The number of benzene rings is 1. The van der Waals surface area contributed by atoms with Crippen LogP contribution in [0.15, 0.2) is 24.3 Å². The minimum Gasteiger partial charge on any atom is -0.492 e. The summed E-state index contributed by atoms with van der Waals surface area (Å²) in [6.45, 7) is 8.87. The van der Waals surface area contributed by atoms with Gasteiger partial charge in [-0.1, -0.05) is 83.8 Å². The number of fused-ring (bicyclic) bond motifs is 1. The van der Waals surface area contributed by atoms with Crippen molar-refractivity contribution in [2.75, 3.05) is 32.8 Å². The lowest BCUT2D eigenvalue weighted by Gasteiger charge is -2.22. The number of hydrogen-bond donors (Lipinski definition) is 1. The molecule has 4 unspecified atom stereocenters. The van der Waals surface area contributed by atoms with Gasteiger partial charge in [-0.2, -0.15) is 0 Å². The van der Waals surface area contributed by atoms with E-state index in [1.807, 2.05) is 36.1 Å². The third-order valence-corrected chi connectivity index (χ3v) is 9.13. The van der Waals surface area contributed by atoms with Gasteiger partial charge in [0.15, 0.2) is 0 Å². The highest BCUT2D eigenvalue weighted by Gasteiger charge is 2.37. The van der Waals surface area contributed by atoms with Crippen LogP contribution in [0, 0.1) is 23.7 Å². The van der Waals surface area contributed by atoms with E-state index in [0.29, 0.717) is 43.8 Å². The number of amides is 2. The van der Waals surface area contributed by atoms with Gasteiger partial charge in [0, 0.05) is 25.4 Å². The zero-order valence-electron chi connectivity index (χ0n) is 26.5. The zero-order valence-corrected chi connectivity index (χ0v) is 26.5. The standard InChI is InChI=1S/C35H56N2O5/c1-4-6-7-8-9-10-11-14-27(3)34(39)36-21-22-42-32-19-17-28(18-20-32)23-31(35(40)41-5-2)24-33(38)37-25-29-15-12-13-16-30(29)26-37/h17-20,27,29-31H,4-16,21-26H2,1-3H3,(H,36,39). The molecule has 1 aromatic rings. The second-order valence-electron chi connectivity index (χ2n) is 12.6. The first-order chi connectivity index (χ1) is 20.4. The van der Waals surface area contributed by atoms with Gasteiger partial charge < -0.3 is 19.7 Å². The van der Waals surface area contributed by atoms with Gasteiger partial charge in [-0.3, -0.25) is 14.4 Å². The van der Waals surface area contributed by atoms with E-state index in [-0.39, 0.29) is 30.1 Å². The summed E-state index contributed by atoms with van der Waals surface area (Å²) in [6.07, 6.45) is 15.3. The number of carbonyl (C=O) groups excluding carboxylic acids is 3. The van der Waals surface area contributed by atoms with E-state index in [2.05, 4.69) is 12.2 Å². The monoisotopic (exact) mass is 584 g/mol. The van der Waals surface area contributed by atoms with Crippen molar-refractivity contribution < 1.29 is 23.9 Å². The first kappa shape index (κ1) is 33.9. The van der Waals surface area contributed by atoms with Gasteiger partial charge in [-0.15, -0.1) is 0 Å². The maximum Gasteiger partial charge on any atom is 0.309 e. The van der Waals surface area contributed by atoms with Crippen molar-refractivity contribution in [3.05, 3.63) is 29.8 Å². The van der Waals surface area contributed by atoms with Crippen molar-refractivity contribution in [3.63, 3.8) is 0 Å². The van der Waals surface area contributed by atoms with Crippen LogP contribution in [-0.2, 0) is 25.5 Å². The van der Waals surface area contributed by atoms with Crippen LogP contribution < -0.4 is 10.1 Å². The normalized spacial score (nSPS) is 19.5. The second-order valence-corrected chi connectivity index (χ2v) is 12.6. The fourth-order valence-corrected chi connectivity index (χ4v) is 6.51. The summed E-state index contributed by atoms with van der Waals surface area (Å²) in [5, 5.41) is 2.99. The molecular weight excluding hydrogens is 528 g/mol. The summed E-state index contributed by atoms with van der Waals surface area (Å²) in [4.78, 5) is 40.3. The molecule has 3 rings (SSSR count). The summed E-state index contributed by atoms with van der Waals surface area (Å²) in [6, 6.07) is 7.66. The van der Waals surface area contributed by atoms with Crippen molar-refractivity contribution in [1.29, 1.82) is 0 Å². The van der Waals surface area contributed by atoms with Crippen LogP contribution >= 0.6 is 0 Å². The molecule has 1 aliphatic heterocycles. The largest absolute Gasteiger partial charge is 0.492 e. The molecule has 4 atom stereocenters. The van der Waals surface area contributed by atoms with Crippen LogP contribution in [0.2, 0.25) is 0 Å². The predicted molar refractivity (Wildman–Crippen MR) is 167 cm³/mol. The Balaban J connectivity index is 1.37. The van der Waals surface area contributed by atoms with Gasteiger partial charge in [0.05, 0.1) is 19.1 Å². The Morgan fingerprint density at radius 2 is 1.57 bits per heavy atom. The molecule has 2 amide bonds. The molecule has 1 saturated heterocycles. The number of rotatable bonds is 19. The molecule has 1 N–H and O–H groups in total. The van der Waals surface area contributed by atoms with Gasteiger partial charge in [0.1, 0.15) is 12.4 Å². The molecule has 7 nitrogen and oxygen atoms in total. The molecule has 236 valence electrons. The minimum absolute atomic E-state index is 0.0220. The van der Waals surface area contributed by atoms with Gasteiger partial charge in [-0.25, -0.2) is 0 Å². The van der Waals surface area contributed by atoms with Crippen LogP contribution in [0.3, 0.4) is 0 Å². The van der Waals surface area contributed by atoms with Crippen LogP contribution in [0.4, 0.5) is 0 Å². The molecule has 0 spiro atoms. The SMILES string of the molecule is CCCCCCCCCC(C)C(=O)NCCOc1ccc(CC(CC(=O)N2CC3CCCCC3C2)C(=O)OCC)cc1. The summed E-state index contributed by atoms with van der Waals surface area (Å²) in [5.74, 6) is 1.35. The van der Waals surface area contributed by atoms with Crippen molar-refractivity contribution in [2.24, 2.45) is 23.7 Å². The predicted octanol–water partition coefficient (Wildman–Crippen LogP) is 6.72. The molecular formula is C35H56N2O5. The van der Waals surface area contributed by atoms with E-state index >= 15 is 0 Å². The number of esters is 1. The highest BCUT2D eigenvalue weighted by molar-refractivity contribution is 5.83. The molecule has 0 aromatic heterocycles. The van der Waals surface area contributed by atoms with Gasteiger partial charge in [0.2, 0.25) is 11.8 Å². The number of likely N-dealkylation sites (tertiary alicyclic amines) is 1. The Kier molecular flexibility index (Phi) is 15.2. The molecule has 1 aliphatic carbocycles. The maximum absolute atomic E-state index is 13.2. The first-order valence-corrected chi connectivity index (χ1v) is 16.8. The van der Waals surface area contributed by atoms with Crippen molar-refractivity contribution in [1.82, 2.24) is 10.2 Å². The highest BCUT2D eigenvalue weighted by atomic mass is 16.5. The van der Waals surface area contributed by atoms with Crippen LogP contribution in [0.5, 0.6) is 5.75 Å². The summed E-state index contributed by atoms with van der Waals surface area (Å²) in [5.41, 5.74) is 0.968. The molecule has 2 aliphatic rings. The van der Waals surface area contributed by atoms with Gasteiger partial charge >= 0.3 is 5.97 Å². The lowest BCUT2D eigenvalue weighted by molar-refractivity contribution is -0.151. The average molecular weight is 585 g/mol. The molecule has 1 aromatic carbocycles. The third kappa shape index (κ3) is 11.6. The lowest BCUT2D eigenvalue weighted by Crippen LogP contribution is -2.33. The number of nitrogens with zero attached hydrogens (tertiary/aromatic N) is 1. The molecule has 7 heteroatoms. The number of carbonyl (C=O) groups is 3. The van der Waals surface area contributed by atoms with E-state index in [1.54, 1.807) is 6.92 Å². The molecule has 2 fully saturated rings. The second kappa shape index (κ2) is 18.9. The quantitative estimate of drug-likeness (QED) is 0.144. The number of hydrogen-bond acceptors (Lipinski definition) is 5. The van der Waals surface area contributed by atoms with E-state index < -0.39 is 5.92 Å². The molecule has 0 radical (unpaired) electrons. The fourth-order valence-electron chi connectivity index (χ4n) is 6.51. The smallest absolute Gasteiger partial charge is 0.309 e. The Bertz CT molecular complexity index is 935. The van der Waals surface area contributed by atoms with Gasteiger partial charge in [0.25, 0.3) is 0 Å². The number of ether oxygens (including phenoxy) is 2. The number of unbranched alkanes of at least 4 members (excludes halogenated alkanes) is 6. The zero-order chi connectivity index (χ0) is 30.2. The Morgan fingerprint density at radius 3 is 2.21 bits per heavy atom. The lowest BCUT2D eigenvalue weighted by atomic mass is 9.82. The minimum atomic E-state index is -0.495. The van der Waals surface area contributed by atoms with E-state index in [9.17, 15) is 14.4 Å². The van der Waals surface area contributed by atoms with Crippen molar-refractivity contribution >= 4 is 17.8 Å². The maximum atomic E-state index is 13.2. The third-order valence-electron chi connectivity index (χ3n) is 9.13. The molecule has 0 bridgehead atoms. The molecule has 1 heterocycles. The Morgan fingerprint density at radius 1 is 0.929 bits per heavy atom. The van der Waals surface area contributed by atoms with Crippen LogP contribution in [0.1, 0.15) is 110 Å². The van der Waals surface area contributed by atoms with Crippen molar-refractivity contribution in [2.45, 2.75) is 111 Å². The van der Waals surface area contributed by atoms with E-state index in [0.717, 1.165) is 31.5 Å². The summed E-state index contributed by atoms with van der Waals surface area (Å²) < 4.78 is 11.2. The van der Waals surface area contributed by atoms with Crippen molar-refractivity contribution in [3.8, 4) is 5.75 Å². The number of nitrogens with one attached hydrogen (secondary N) is 1. The first-order valence-electron chi connectivity index (χ1n) is 16.8. The van der Waals surface area contributed by atoms with E-state index in [1.165, 1.54) is 64.2 Å². The Labute approximate surface area is 254 Å². The van der Waals surface area contributed by atoms with Crippen LogP contribution in [0.25, 0.3) is 0 Å². The highest BCUT2D eigenvalue weighted by Crippen LogP contribution is 2.36. The topological polar surface area (TPSA) is 84.9 Å². The molecule has 42 heavy (non-hydrogen) atoms. The summed E-state index contributed by atoms with van der Waals surface area (Å²) in [7, 11) is 0. The Hall–Kier alpha value is -2.57. The fraction of sp³-hybridized carbons (Fsp3) is 0.743. The summed E-state index contributed by atoms with van der Waals surface area (Å²) >= 11 is 0. The molecule has 1 saturated carbocycles. The average Bonchev–Trinajstić information content (AvgIpc) is 3.44. The van der Waals surface area contributed by atoms with Gasteiger partial charge in [-0.05, 0) is 62.1 Å². The van der Waals surface area contributed by atoms with E-state index in [4.69, 9.17) is 9.47 Å².